The van der Waals surface area contributed by atoms with Gasteiger partial charge < -0.3 is 10.4 Å². The Hall–Kier alpha value is -3.05. The maximum Gasteiger partial charge on any atom is 0.254 e. The number of nitriles is 1. The summed E-state index contributed by atoms with van der Waals surface area (Å²) in [4.78, 5) is 41.2. The van der Waals surface area contributed by atoms with Crippen LogP contribution < -0.4 is 5.32 Å². The summed E-state index contributed by atoms with van der Waals surface area (Å²) in [6.07, 6.45) is 11.9. The Morgan fingerprint density at radius 3 is 2.35 bits per heavy atom. The molecule has 0 bridgehead atoms. The normalized spacial score (nSPS) is 44.9. The molecule has 5 aliphatic carbocycles. The highest BCUT2D eigenvalue weighted by atomic mass is 16.3. The number of aromatic nitrogens is 2. The highest BCUT2D eigenvalue weighted by Crippen LogP contribution is 2.75. The van der Waals surface area contributed by atoms with E-state index in [-0.39, 0.29) is 40.3 Å². The van der Waals surface area contributed by atoms with Crippen LogP contribution in [-0.2, 0) is 16.6 Å². The molecule has 0 aliphatic heterocycles. The average molecular weight is 587 g/mol. The van der Waals surface area contributed by atoms with E-state index in [0.717, 1.165) is 37.7 Å². The molecule has 8 heteroatoms. The molecule has 3 fully saturated rings. The molecule has 1 amide bonds. The van der Waals surface area contributed by atoms with Crippen LogP contribution in [0.25, 0.3) is 0 Å². The zero-order valence-electron chi connectivity index (χ0n) is 26.9. The van der Waals surface area contributed by atoms with Gasteiger partial charge in [0.05, 0.1) is 17.3 Å². The van der Waals surface area contributed by atoms with Crippen molar-refractivity contribution >= 4 is 17.5 Å². The van der Waals surface area contributed by atoms with Gasteiger partial charge >= 0.3 is 0 Å². The van der Waals surface area contributed by atoms with Gasteiger partial charge in [-0.1, -0.05) is 47.6 Å². The number of aryl methyl sites for hydroxylation is 1. The minimum absolute atomic E-state index is 0.0546. The highest BCUT2D eigenvalue weighted by molar-refractivity contribution is 6.05. The smallest absolute Gasteiger partial charge is 0.254 e. The highest BCUT2D eigenvalue weighted by Gasteiger charge is 2.75. The van der Waals surface area contributed by atoms with Crippen LogP contribution in [0.4, 0.5) is 0 Å². The van der Waals surface area contributed by atoms with Crippen molar-refractivity contribution in [1.82, 2.24) is 15.1 Å². The zero-order valence-corrected chi connectivity index (χ0v) is 26.9. The van der Waals surface area contributed by atoms with Crippen LogP contribution in [0.5, 0.6) is 0 Å². The van der Waals surface area contributed by atoms with Crippen LogP contribution >= 0.6 is 0 Å². The van der Waals surface area contributed by atoms with E-state index in [4.69, 9.17) is 0 Å². The molecule has 0 spiro atoms. The van der Waals surface area contributed by atoms with E-state index in [9.17, 15) is 24.8 Å². The van der Waals surface area contributed by atoms with E-state index in [1.165, 1.54) is 0 Å². The van der Waals surface area contributed by atoms with E-state index in [1.54, 1.807) is 30.2 Å². The number of carbonyl (C=O) groups is 3. The average Bonchev–Trinajstić information content (AvgIpc) is 3.38. The SMILES string of the molecule is Cn1cc(C(=O)N[C@@]2(C)CC[C@@]3(C)CC[C@@]4(C)[C@]5(C)CC[C@H]6C(C)(C)C(=O)C(C#N)=C[C@]6(C)C5=CC(=O)[C@]4(O)[C@@H]3C2)cn1. The van der Waals surface area contributed by atoms with Crippen LogP contribution in [0.3, 0.4) is 0 Å². The maximum absolute atomic E-state index is 14.6. The number of aliphatic hydroxyl groups is 1. The molecule has 0 saturated heterocycles. The molecule has 43 heavy (non-hydrogen) atoms. The van der Waals surface area contributed by atoms with Crippen molar-refractivity contribution in [2.24, 2.45) is 46.0 Å². The van der Waals surface area contributed by atoms with Gasteiger partial charge in [0.15, 0.2) is 11.6 Å². The number of amides is 1. The summed E-state index contributed by atoms with van der Waals surface area (Å²) in [5, 5.41) is 30.4. The number of rotatable bonds is 2. The van der Waals surface area contributed by atoms with Crippen molar-refractivity contribution in [3.63, 3.8) is 0 Å². The van der Waals surface area contributed by atoms with Crippen molar-refractivity contribution in [2.45, 2.75) is 105 Å². The predicted molar refractivity (Wildman–Crippen MR) is 161 cm³/mol. The summed E-state index contributed by atoms with van der Waals surface area (Å²) >= 11 is 0. The lowest BCUT2D eigenvalue weighted by Crippen LogP contribution is -2.74. The monoisotopic (exact) mass is 586 g/mol. The third kappa shape index (κ3) is 3.64. The second-order valence-electron chi connectivity index (χ2n) is 16.3. The van der Waals surface area contributed by atoms with Gasteiger partial charge in [-0.25, -0.2) is 0 Å². The Morgan fingerprint density at radius 2 is 1.72 bits per heavy atom. The first-order valence-electron chi connectivity index (χ1n) is 15.8. The van der Waals surface area contributed by atoms with Crippen LogP contribution in [0.2, 0.25) is 0 Å². The Labute approximate surface area is 255 Å². The van der Waals surface area contributed by atoms with Crippen LogP contribution in [0.1, 0.15) is 104 Å². The predicted octanol–water partition coefficient (Wildman–Crippen LogP) is 5.24. The Balaban J connectivity index is 1.45. The summed E-state index contributed by atoms with van der Waals surface area (Å²) in [5.74, 6) is -1.01. The number of carbonyl (C=O) groups excluding carboxylic acids is 3. The minimum atomic E-state index is -1.62. The minimum Gasteiger partial charge on any atom is -0.381 e. The van der Waals surface area contributed by atoms with Crippen LogP contribution in [0, 0.1) is 50.2 Å². The third-order valence-electron chi connectivity index (χ3n) is 13.6. The number of Topliss-reactive ketones (excluding diaryl/α,β-unsaturated/α-hetero) is 1. The third-order valence-corrected chi connectivity index (χ3v) is 13.6. The zero-order chi connectivity index (χ0) is 31.6. The van der Waals surface area contributed by atoms with E-state index >= 15 is 0 Å². The van der Waals surface area contributed by atoms with E-state index < -0.39 is 32.8 Å². The molecule has 0 unspecified atom stereocenters. The lowest BCUT2D eigenvalue weighted by Gasteiger charge is -2.71. The van der Waals surface area contributed by atoms with Crippen molar-refractivity contribution in [3.8, 4) is 6.07 Å². The molecule has 1 heterocycles. The number of nitrogens with one attached hydrogen (secondary N) is 1. The fourth-order valence-electron chi connectivity index (χ4n) is 10.8. The number of nitrogens with zero attached hydrogens (tertiary/aromatic N) is 3. The summed E-state index contributed by atoms with van der Waals surface area (Å²) in [5.41, 5.74) is -3.56. The van der Waals surface area contributed by atoms with Gasteiger partial charge in [0, 0.05) is 40.9 Å². The molecule has 2 N–H and O–H groups in total. The molecule has 6 rings (SSSR count). The molecule has 0 aromatic carbocycles. The fourth-order valence-corrected chi connectivity index (χ4v) is 10.8. The summed E-state index contributed by atoms with van der Waals surface area (Å²) in [7, 11) is 1.77. The van der Waals surface area contributed by atoms with Crippen LogP contribution in [-0.4, -0.2) is 43.5 Å². The fraction of sp³-hybridized carbons (Fsp3) is 0.686. The lowest BCUT2D eigenvalue weighted by molar-refractivity contribution is -0.240. The van der Waals surface area contributed by atoms with Gasteiger partial charge in [0.25, 0.3) is 5.91 Å². The van der Waals surface area contributed by atoms with Gasteiger partial charge in [-0.15, -0.1) is 0 Å². The van der Waals surface area contributed by atoms with Gasteiger partial charge in [0.1, 0.15) is 11.7 Å². The maximum atomic E-state index is 14.6. The second-order valence-corrected chi connectivity index (χ2v) is 16.3. The lowest BCUT2D eigenvalue weighted by atomic mass is 9.33. The van der Waals surface area contributed by atoms with Gasteiger partial charge in [-0.2, -0.15) is 10.4 Å². The van der Waals surface area contributed by atoms with Crippen LogP contribution in [0.15, 0.2) is 35.7 Å². The summed E-state index contributed by atoms with van der Waals surface area (Å²) in [6, 6.07) is 2.15. The molecular formula is C35H46N4O4. The first kappa shape index (κ1) is 30.0. The number of allylic oxidation sites excluding steroid dienone is 3. The standard InChI is InChI=1S/C35H46N4O4/c1-29(2)23-9-10-33(6)24(32(23,5)16-21(18-36)27(29)41)15-26(40)35(43)25-17-31(4,38-28(42)22-19-37-39(8)20-22)13-11-30(25,3)12-14-34(33,35)7/h15-16,19-20,23,25,43H,9-14,17H2,1-8H3,(H,38,42)/t23-,25+,30-,31-,32-,33+,34-,35+/m0/s1. The Bertz CT molecular complexity index is 1560. The number of hydrogen-bond acceptors (Lipinski definition) is 6. The van der Waals surface area contributed by atoms with E-state index in [0.29, 0.717) is 18.4 Å². The van der Waals surface area contributed by atoms with Crippen molar-refractivity contribution in [3.05, 3.63) is 41.3 Å². The number of hydrogen-bond donors (Lipinski definition) is 2. The number of fused-ring (bicyclic) bond motifs is 7. The number of ketones is 2. The largest absolute Gasteiger partial charge is 0.381 e. The Kier molecular flexibility index (Phi) is 6.12. The summed E-state index contributed by atoms with van der Waals surface area (Å²) in [6.45, 7) is 14.5. The molecule has 1 aromatic heterocycles. The molecular weight excluding hydrogens is 540 g/mol. The van der Waals surface area contributed by atoms with Gasteiger partial charge in [-0.3, -0.25) is 19.1 Å². The van der Waals surface area contributed by atoms with E-state index in [1.807, 2.05) is 26.8 Å². The first-order valence-corrected chi connectivity index (χ1v) is 15.8. The van der Waals surface area contributed by atoms with Gasteiger partial charge in [-0.05, 0) is 80.3 Å². The molecule has 1 aromatic rings. The molecule has 8 atom stereocenters. The van der Waals surface area contributed by atoms with Crippen molar-refractivity contribution in [1.29, 1.82) is 5.26 Å². The van der Waals surface area contributed by atoms with E-state index in [2.05, 4.69) is 44.2 Å². The quantitative estimate of drug-likeness (QED) is 0.489. The molecule has 3 saturated carbocycles. The molecule has 5 aliphatic rings. The summed E-state index contributed by atoms with van der Waals surface area (Å²) < 4.78 is 1.60. The first-order chi connectivity index (χ1) is 19.8. The van der Waals surface area contributed by atoms with Crippen molar-refractivity contribution < 1.29 is 19.5 Å². The van der Waals surface area contributed by atoms with Crippen molar-refractivity contribution in [2.75, 3.05) is 0 Å². The second kappa shape index (κ2) is 8.78. The molecule has 8 nitrogen and oxygen atoms in total. The molecule has 230 valence electrons. The van der Waals surface area contributed by atoms with Gasteiger partial charge in [0.2, 0.25) is 0 Å². The Morgan fingerprint density at radius 1 is 1.05 bits per heavy atom. The molecule has 0 radical (unpaired) electrons. The topological polar surface area (TPSA) is 125 Å².